The van der Waals surface area contributed by atoms with Gasteiger partial charge in [-0.2, -0.15) is 0 Å². The summed E-state index contributed by atoms with van der Waals surface area (Å²) < 4.78 is 0. The largest absolute Gasteiger partial charge is 0.357 e. The van der Waals surface area contributed by atoms with Gasteiger partial charge in [-0.1, -0.05) is 6.92 Å². The molecule has 1 fully saturated rings. The van der Waals surface area contributed by atoms with Crippen LogP contribution in [0.25, 0.3) is 0 Å². The molecule has 2 N–H and O–H groups in total. The quantitative estimate of drug-likeness (QED) is 0.593. The van der Waals surface area contributed by atoms with Crippen molar-refractivity contribution in [3.63, 3.8) is 0 Å². The second kappa shape index (κ2) is 9.88. The second-order valence-electron chi connectivity index (χ2n) is 6.13. The van der Waals surface area contributed by atoms with Gasteiger partial charge < -0.3 is 15.5 Å². The normalized spacial score (nSPS) is 17.4. The number of rotatable bonds is 7. The van der Waals surface area contributed by atoms with Crippen LogP contribution in [-0.4, -0.2) is 54.6 Å². The van der Waals surface area contributed by atoms with Gasteiger partial charge in [-0.15, -0.1) is 11.3 Å². The fraction of sp³-hybridized carbons (Fsp3) is 0.765. The van der Waals surface area contributed by atoms with Crippen LogP contribution in [0.2, 0.25) is 0 Å². The number of aryl methyl sites for hydroxylation is 1. The molecular formula is C17H31N5S. The number of hydrogen-bond donors (Lipinski definition) is 2. The van der Waals surface area contributed by atoms with Crippen molar-refractivity contribution < 1.29 is 0 Å². The van der Waals surface area contributed by atoms with Crippen molar-refractivity contribution in [2.24, 2.45) is 4.99 Å². The highest BCUT2D eigenvalue weighted by Crippen LogP contribution is 2.11. The Morgan fingerprint density at radius 3 is 2.78 bits per heavy atom. The third-order valence-electron chi connectivity index (χ3n) is 4.12. The number of nitrogens with one attached hydrogen (secondary N) is 2. The first-order chi connectivity index (χ1) is 11.2. The number of piperidine rings is 1. The van der Waals surface area contributed by atoms with Gasteiger partial charge in [-0.05, 0) is 39.7 Å². The number of aliphatic imine (C=N–C) groups is 1. The minimum atomic E-state index is 0.544. The maximum Gasteiger partial charge on any atom is 0.191 e. The monoisotopic (exact) mass is 337 g/mol. The molecule has 0 radical (unpaired) electrons. The van der Waals surface area contributed by atoms with Crippen molar-refractivity contribution in [3.8, 4) is 0 Å². The zero-order chi connectivity index (χ0) is 16.5. The van der Waals surface area contributed by atoms with E-state index >= 15 is 0 Å². The summed E-state index contributed by atoms with van der Waals surface area (Å²) in [6, 6.07) is 0.544. The summed E-state index contributed by atoms with van der Waals surface area (Å²) >= 11 is 1.71. The average molecular weight is 338 g/mol. The Labute approximate surface area is 144 Å². The second-order valence-corrected chi connectivity index (χ2v) is 7.19. The summed E-state index contributed by atoms with van der Waals surface area (Å²) in [6.45, 7) is 11.7. The lowest BCUT2D eigenvalue weighted by atomic mass is 10.1. The van der Waals surface area contributed by atoms with Gasteiger partial charge in [0.1, 0.15) is 0 Å². The number of nitrogens with zero attached hydrogens (tertiary/aromatic N) is 3. The van der Waals surface area contributed by atoms with Crippen LogP contribution in [0, 0.1) is 6.92 Å². The number of thiazole rings is 1. The van der Waals surface area contributed by atoms with Gasteiger partial charge in [0.2, 0.25) is 0 Å². The van der Waals surface area contributed by atoms with Gasteiger partial charge in [0.05, 0.1) is 10.7 Å². The zero-order valence-electron chi connectivity index (χ0n) is 14.8. The molecule has 0 unspecified atom stereocenters. The maximum absolute atomic E-state index is 4.71. The van der Waals surface area contributed by atoms with Crippen LogP contribution >= 0.6 is 11.3 Å². The average Bonchev–Trinajstić information content (AvgIpc) is 2.95. The van der Waals surface area contributed by atoms with E-state index in [9.17, 15) is 0 Å². The molecule has 0 amide bonds. The molecule has 0 bridgehead atoms. The van der Waals surface area contributed by atoms with E-state index in [-0.39, 0.29) is 0 Å². The molecule has 2 heterocycles. The molecule has 130 valence electrons. The third-order valence-corrected chi connectivity index (χ3v) is 4.94. The van der Waals surface area contributed by atoms with Crippen molar-refractivity contribution >= 4 is 17.3 Å². The van der Waals surface area contributed by atoms with Crippen LogP contribution in [-0.2, 0) is 6.42 Å². The van der Waals surface area contributed by atoms with Crippen LogP contribution in [0.1, 0.15) is 43.8 Å². The molecule has 1 aromatic heterocycles. The Kier molecular flexibility index (Phi) is 7.82. The Morgan fingerprint density at radius 2 is 2.17 bits per heavy atom. The lowest BCUT2D eigenvalue weighted by molar-refractivity contribution is 0.206. The van der Waals surface area contributed by atoms with Crippen molar-refractivity contribution in [1.82, 2.24) is 20.5 Å². The topological polar surface area (TPSA) is 52.5 Å². The fourth-order valence-corrected chi connectivity index (χ4v) is 3.58. The van der Waals surface area contributed by atoms with Crippen LogP contribution in [0.4, 0.5) is 0 Å². The Hall–Kier alpha value is -1.14. The van der Waals surface area contributed by atoms with E-state index < -0.39 is 0 Å². The molecule has 0 saturated carbocycles. The van der Waals surface area contributed by atoms with Gasteiger partial charge in [0.25, 0.3) is 0 Å². The molecule has 1 aliphatic rings. The summed E-state index contributed by atoms with van der Waals surface area (Å²) in [4.78, 5) is 11.8. The predicted molar refractivity (Wildman–Crippen MR) is 99.4 cm³/mol. The molecular weight excluding hydrogens is 306 g/mol. The number of guanidine groups is 1. The van der Waals surface area contributed by atoms with E-state index in [0.29, 0.717) is 6.04 Å². The van der Waals surface area contributed by atoms with Crippen LogP contribution < -0.4 is 10.6 Å². The highest BCUT2D eigenvalue weighted by atomic mass is 32.1. The third kappa shape index (κ3) is 6.47. The molecule has 1 saturated heterocycles. The van der Waals surface area contributed by atoms with E-state index in [0.717, 1.165) is 36.2 Å². The molecule has 0 aliphatic carbocycles. The summed E-state index contributed by atoms with van der Waals surface area (Å²) in [5.74, 6) is 0.952. The van der Waals surface area contributed by atoms with Gasteiger partial charge in [0.15, 0.2) is 5.96 Å². The Morgan fingerprint density at radius 1 is 1.39 bits per heavy atom. The predicted octanol–water partition coefficient (Wildman–Crippen LogP) is 2.42. The molecule has 6 heteroatoms. The molecule has 0 atom stereocenters. The standard InChI is InChI=1S/C17H31N5S/c1-4-10-22-11-7-15(8-12-22)21-17(18-5-2)19-9-6-16-13-23-14(3)20-16/h13,15H,4-12H2,1-3H3,(H2,18,19,21). The molecule has 2 rings (SSSR count). The summed E-state index contributed by atoms with van der Waals surface area (Å²) in [5.41, 5.74) is 1.15. The van der Waals surface area contributed by atoms with Crippen molar-refractivity contribution in [1.29, 1.82) is 0 Å². The van der Waals surface area contributed by atoms with Gasteiger partial charge in [-0.25, -0.2) is 4.98 Å². The van der Waals surface area contributed by atoms with E-state index in [1.807, 2.05) is 6.92 Å². The number of likely N-dealkylation sites (tertiary alicyclic amines) is 1. The Balaban J connectivity index is 1.77. The first-order valence-corrected chi connectivity index (χ1v) is 9.77. The first-order valence-electron chi connectivity index (χ1n) is 8.89. The van der Waals surface area contributed by atoms with Gasteiger partial charge >= 0.3 is 0 Å². The Bertz CT molecular complexity index is 477. The number of hydrogen-bond acceptors (Lipinski definition) is 4. The molecule has 0 aromatic carbocycles. The highest BCUT2D eigenvalue weighted by Gasteiger charge is 2.19. The smallest absolute Gasteiger partial charge is 0.191 e. The van der Waals surface area contributed by atoms with E-state index in [1.165, 1.54) is 38.9 Å². The van der Waals surface area contributed by atoms with Crippen molar-refractivity contribution in [3.05, 3.63) is 16.1 Å². The van der Waals surface area contributed by atoms with Crippen molar-refractivity contribution in [2.75, 3.05) is 32.7 Å². The van der Waals surface area contributed by atoms with Gasteiger partial charge in [-0.3, -0.25) is 4.99 Å². The summed E-state index contributed by atoms with van der Waals surface area (Å²) in [5, 5.41) is 10.2. The molecule has 23 heavy (non-hydrogen) atoms. The van der Waals surface area contributed by atoms with E-state index in [4.69, 9.17) is 4.99 Å². The fourth-order valence-electron chi connectivity index (χ4n) is 2.94. The number of aromatic nitrogens is 1. The minimum absolute atomic E-state index is 0.544. The van der Waals surface area contributed by atoms with E-state index in [1.54, 1.807) is 11.3 Å². The minimum Gasteiger partial charge on any atom is -0.357 e. The molecule has 1 aliphatic heterocycles. The SMILES string of the molecule is CCCN1CCC(NC(=NCCc2csc(C)n2)NCC)CC1. The first kappa shape index (κ1) is 18.2. The van der Waals surface area contributed by atoms with Crippen LogP contribution in [0.15, 0.2) is 10.4 Å². The molecule has 0 spiro atoms. The zero-order valence-corrected chi connectivity index (χ0v) is 15.6. The maximum atomic E-state index is 4.71. The van der Waals surface area contributed by atoms with Crippen LogP contribution in [0.3, 0.4) is 0 Å². The van der Waals surface area contributed by atoms with Gasteiger partial charge in [0, 0.05) is 44.0 Å². The van der Waals surface area contributed by atoms with E-state index in [2.05, 4.69) is 39.7 Å². The van der Waals surface area contributed by atoms with Crippen molar-refractivity contribution in [2.45, 2.75) is 52.5 Å². The summed E-state index contributed by atoms with van der Waals surface area (Å²) in [6.07, 6.45) is 4.57. The lowest BCUT2D eigenvalue weighted by Gasteiger charge is -2.32. The molecule has 1 aromatic rings. The molecule has 5 nitrogen and oxygen atoms in total. The highest BCUT2D eigenvalue weighted by molar-refractivity contribution is 7.09. The summed E-state index contributed by atoms with van der Waals surface area (Å²) in [7, 11) is 0. The van der Waals surface area contributed by atoms with Crippen LogP contribution in [0.5, 0.6) is 0 Å². The lowest BCUT2D eigenvalue weighted by Crippen LogP contribution is -2.48.